The number of thiophene rings is 1. The van der Waals surface area contributed by atoms with E-state index in [0.717, 1.165) is 0 Å². The van der Waals surface area contributed by atoms with Crippen LogP contribution in [-0.2, 0) is 5.41 Å². The second-order valence-corrected chi connectivity index (χ2v) is 17.3. The maximum absolute atomic E-state index is 2.55. The molecule has 2 aliphatic rings. The number of hydrogen-bond donors (Lipinski definition) is 0. The van der Waals surface area contributed by atoms with Gasteiger partial charge in [-0.1, -0.05) is 145 Å². The number of rotatable bonds is 2. The van der Waals surface area contributed by atoms with Gasteiger partial charge in [-0.05, 0) is 104 Å². The van der Waals surface area contributed by atoms with Crippen LogP contribution in [0.15, 0.2) is 198 Å². The van der Waals surface area contributed by atoms with E-state index < -0.39 is 5.41 Å². The van der Waals surface area contributed by atoms with Gasteiger partial charge in [-0.2, -0.15) is 0 Å². The van der Waals surface area contributed by atoms with Crippen molar-refractivity contribution < 1.29 is 0 Å². The number of benzene rings is 9. The molecule has 0 saturated heterocycles. The van der Waals surface area contributed by atoms with Crippen LogP contribution in [0.2, 0.25) is 0 Å². The third-order valence-electron chi connectivity index (χ3n) is 12.5. The Bertz CT molecular complexity index is 3430. The van der Waals surface area contributed by atoms with Crippen LogP contribution in [-0.4, -0.2) is 4.57 Å². The van der Waals surface area contributed by atoms with Gasteiger partial charge >= 0.3 is 0 Å². The van der Waals surface area contributed by atoms with E-state index in [1.807, 2.05) is 23.1 Å². The quantitative estimate of drug-likeness (QED) is 0.171. The van der Waals surface area contributed by atoms with Gasteiger partial charge in [-0.3, -0.25) is 0 Å². The van der Waals surface area contributed by atoms with Crippen molar-refractivity contribution in [1.82, 2.24) is 4.57 Å². The van der Waals surface area contributed by atoms with Gasteiger partial charge in [-0.25, -0.2) is 0 Å². The van der Waals surface area contributed by atoms with Crippen molar-refractivity contribution in [2.45, 2.75) is 15.2 Å². The van der Waals surface area contributed by atoms with Crippen LogP contribution in [0.25, 0.3) is 80.7 Å². The molecule has 11 aromatic rings. The fourth-order valence-electron chi connectivity index (χ4n) is 10.2. The smallest absolute Gasteiger partial charge is 0.0736 e. The van der Waals surface area contributed by atoms with E-state index in [4.69, 9.17) is 0 Å². The minimum absolute atomic E-state index is 0.434. The highest BCUT2D eigenvalue weighted by molar-refractivity contribution is 7.99. The summed E-state index contributed by atoms with van der Waals surface area (Å²) in [5, 5.41) is 7.70. The summed E-state index contributed by atoms with van der Waals surface area (Å²) < 4.78 is 5.20. The summed E-state index contributed by atoms with van der Waals surface area (Å²) in [6, 6.07) is 70.8. The first-order valence-electron chi connectivity index (χ1n) is 19.3. The molecule has 0 saturated carbocycles. The molecule has 0 bridgehead atoms. The van der Waals surface area contributed by atoms with Crippen LogP contribution in [0, 0.1) is 0 Å². The fraction of sp³-hybridized carbons (Fsp3) is 0.0189. The van der Waals surface area contributed by atoms with Crippen molar-refractivity contribution in [3.05, 3.63) is 210 Å². The zero-order valence-corrected chi connectivity index (χ0v) is 31.8. The minimum Gasteiger partial charge on any atom is -0.309 e. The van der Waals surface area contributed by atoms with Gasteiger partial charge in [0.2, 0.25) is 0 Å². The lowest BCUT2D eigenvalue weighted by Gasteiger charge is -2.39. The van der Waals surface area contributed by atoms with Crippen molar-refractivity contribution >= 4 is 75.8 Å². The van der Waals surface area contributed by atoms with Gasteiger partial charge in [0.05, 0.1) is 22.1 Å². The highest BCUT2D eigenvalue weighted by atomic mass is 32.2. The molecule has 1 spiro atoms. The Morgan fingerprint density at radius 2 is 1.00 bits per heavy atom. The molecule has 0 N–H and O–H groups in total. The molecular formula is C53H31NS2. The Morgan fingerprint density at radius 1 is 0.357 bits per heavy atom. The molecule has 0 atom stereocenters. The predicted octanol–water partition coefficient (Wildman–Crippen LogP) is 14.8. The zero-order chi connectivity index (χ0) is 36.5. The van der Waals surface area contributed by atoms with E-state index in [0.29, 0.717) is 0 Å². The lowest BCUT2D eigenvalue weighted by atomic mass is 9.67. The van der Waals surface area contributed by atoms with Gasteiger partial charge in [0, 0.05) is 46.1 Å². The van der Waals surface area contributed by atoms with Crippen molar-refractivity contribution in [2.24, 2.45) is 0 Å². The van der Waals surface area contributed by atoms with E-state index in [-0.39, 0.29) is 0 Å². The summed E-state index contributed by atoms with van der Waals surface area (Å²) in [4.78, 5) is 2.65. The predicted molar refractivity (Wildman–Crippen MR) is 238 cm³/mol. The van der Waals surface area contributed by atoms with E-state index >= 15 is 0 Å². The lowest BCUT2D eigenvalue weighted by Crippen LogP contribution is -2.31. The molecule has 0 radical (unpaired) electrons. The molecular weight excluding hydrogens is 715 g/mol. The van der Waals surface area contributed by atoms with Crippen molar-refractivity contribution in [3.8, 4) is 27.9 Å². The minimum atomic E-state index is -0.434. The molecule has 260 valence electrons. The third-order valence-corrected chi connectivity index (χ3v) is 14.8. The van der Waals surface area contributed by atoms with Crippen molar-refractivity contribution in [3.63, 3.8) is 0 Å². The Labute approximate surface area is 332 Å². The molecule has 13 rings (SSSR count). The highest BCUT2D eigenvalue weighted by Crippen LogP contribution is 2.63. The van der Waals surface area contributed by atoms with Gasteiger partial charge < -0.3 is 4.57 Å². The summed E-state index contributed by atoms with van der Waals surface area (Å²) in [5.41, 5.74) is 13.8. The van der Waals surface area contributed by atoms with E-state index in [2.05, 4.69) is 193 Å². The summed E-state index contributed by atoms with van der Waals surface area (Å²) in [6.07, 6.45) is 0. The number of nitrogens with zero attached hydrogens (tertiary/aromatic N) is 1. The zero-order valence-electron chi connectivity index (χ0n) is 30.2. The fourth-order valence-corrected chi connectivity index (χ4v) is 12.5. The van der Waals surface area contributed by atoms with Gasteiger partial charge in [0.15, 0.2) is 0 Å². The Balaban J connectivity index is 1.11. The number of aromatic nitrogens is 1. The van der Waals surface area contributed by atoms with E-state index in [9.17, 15) is 0 Å². The molecule has 1 aliphatic heterocycles. The summed E-state index contributed by atoms with van der Waals surface area (Å²) in [7, 11) is 0. The molecule has 2 aromatic heterocycles. The maximum atomic E-state index is 2.55. The Morgan fingerprint density at radius 3 is 1.82 bits per heavy atom. The average Bonchev–Trinajstić information content (AvgIpc) is 3.89. The maximum Gasteiger partial charge on any atom is 0.0736 e. The largest absolute Gasteiger partial charge is 0.309 e. The SMILES string of the molecule is c1ccc2c(c1)Sc1ccccc1C21c2ccccc2-c2cc3c4ccccc4n(-c4ccc(-c5ccc6sc7ccccc7c6c5)c5ccccc45)c3cc21. The molecule has 0 amide bonds. The van der Waals surface area contributed by atoms with E-state index in [1.165, 1.54) is 113 Å². The first-order chi connectivity index (χ1) is 27.8. The summed E-state index contributed by atoms with van der Waals surface area (Å²) in [6.45, 7) is 0. The van der Waals surface area contributed by atoms with Crippen LogP contribution in [0.5, 0.6) is 0 Å². The third kappa shape index (κ3) is 3.96. The van der Waals surface area contributed by atoms with Crippen LogP contribution in [0.4, 0.5) is 0 Å². The molecule has 3 heteroatoms. The summed E-state index contributed by atoms with van der Waals surface area (Å²) in [5.74, 6) is 0. The first kappa shape index (κ1) is 30.9. The molecule has 0 fully saturated rings. The average molecular weight is 746 g/mol. The Hall–Kier alpha value is -6.39. The normalized spacial score (nSPS) is 13.8. The number of hydrogen-bond acceptors (Lipinski definition) is 2. The van der Waals surface area contributed by atoms with Crippen molar-refractivity contribution in [2.75, 3.05) is 0 Å². The standard InChI is InChI=1S/C53H31NS2/c1-2-15-36-34(13-1)33(32-25-28-50-41(29-32)38-17-5-10-22-49(38)55-50)26-27-47(36)54-46-21-9-4-16-37(46)40-30-39-35-14-3-6-18-42(35)53(45(39)31-48(40)54)43-19-7-11-23-51(43)56-52-24-12-8-20-44(52)53/h1-31H. The van der Waals surface area contributed by atoms with Gasteiger partial charge in [-0.15, -0.1) is 11.3 Å². The van der Waals surface area contributed by atoms with Crippen LogP contribution < -0.4 is 0 Å². The van der Waals surface area contributed by atoms with E-state index in [1.54, 1.807) is 0 Å². The van der Waals surface area contributed by atoms with Crippen LogP contribution in [0.1, 0.15) is 22.3 Å². The van der Waals surface area contributed by atoms with Gasteiger partial charge in [0.25, 0.3) is 0 Å². The van der Waals surface area contributed by atoms with Crippen LogP contribution >= 0.6 is 23.1 Å². The Kier molecular flexibility index (Phi) is 6.25. The van der Waals surface area contributed by atoms with Gasteiger partial charge in [0.1, 0.15) is 0 Å². The molecule has 1 nitrogen and oxygen atoms in total. The summed E-state index contributed by atoms with van der Waals surface area (Å²) >= 11 is 3.77. The molecule has 56 heavy (non-hydrogen) atoms. The first-order valence-corrected chi connectivity index (χ1v) is 20.9. The second kappa shape index (κ2) is 11.3. The molecule has 1 aliphatic carbocycles. The number of para-hydroxylation sites is 1. The molecule has 3 heterocycles. The van der Waals surface area contributed by atoms with Crippen LogP contribution in [0.3, 0.4) is 0 Å². The molecule has 0 unspecified atom stereocenters. The van der Waals surface area contributed by atoms with Crippen molar-refractivity contribution in [1.29, 1.82) is 0 Å². The highest BCUT2D eigenvalue weighted by Gasteiger charge is 2.50. The number of fused-ring (bicyclic) bond motifs is 16. The molecule has 9 aromatic carbocycles. The lowest BCUT2D eigenvalue weighted by molar-refractivity contribution is 0.723. The topological polar surface area (TPSA) is 4.93 Å². The second-order valence-electron chi connectivity index (χ2n) is 15.1. The monoisotopic (exact) mass is 745 g/mol.